The van der Waals surface area contributed by atoms with Crippen LogP contribution in [0.2, 0.25) is 0 Å². The van der Waals surface area contributed by atoms with E-state index in [9.17, 15) is 9.59 Å². The number of carbonyl (C=O) groups excluding carboxylic acids is 2. The minimum absolute atomic E-state index is 0.536. The molecular weight excluding hydrogens is 346 g/mol. The highest BCUT2D eigenvalue weighted by Crippen LogP contribution is 2.37. The second kappa shape index (κ2) is 8.75. The van der Waals surface area contributed by atoms with Crippen LogP contribution in [0.4, 0.5) is 0 Å². The summed E-state index contributed by atoms with van der Waals surface area (Å²) in [5.74, 6) is -1.09. The van der Waals surface area contributed by atoms with Crippen molar-refractivity contribution in [3.05, 3.63) is 40.8 Å². The van der Waals surface area contributed by atoms with Gasteiger partial charge in [0.15, 0.2) is 12.2 Å². The van der Waals surface area contributed by atoms with Gasteiger partial charge in [0, 0.05) is 23.7 Å². The number of azide groups is 1. The first kappa shape index (κ1) is 19.1. The Hall–Kier alpha value is -2.22. The molecule has 2 rings (SSSR count). The molecular formula is C16H19N3O5S. The lowest BCUT2D eigenvalue weighted by molar-refractivity contribution is -0.198. The Kier molecular flexibility index (Phi) is 6.69. The van der Waals surface area contributed by atoms with Gasteiger partial charge in [0.25, 0.3) is 0 Å². The minimum Gasteiger partial charge on any atom is -0.458 e. The molecule has 0 amide bonds. The highest BCUT2D eigenvalue weighted by atomic mass is 32.2. The molecule has 0 bridgehead atoms. The average Bonchev–Trinajstić information content (AvgIpc) is 2.55. The van der Waals surface area contributed by atoms with Crippen LogP contribution < -0.4 is 0 Å². The van der Waals surface area contributed by atoms with Gasteiger partial charge in [-0.15, -0.1) is 0 Å². The summed E-state index contributed by atoms with van der Waals surface area (Å²) in [5, 5.41) is 3.75. The average molecular weight is 365 g/mol. The van der Waals surface area contributed by atoms with E-state index >= 15 is 0 Å². The normalized spacial score (nSPS) is 28.5. The summed E-state index contributed by atoms with van der Waals surface area (Å²) in [6, 6.07) is 8.58. The molecule has 0 aliphatic carbocycles. The Balaban J connectivity index is 2.32. The van der Waals surface area contributed by atoms with Crippen molar-refractivity contribution in [1.29, 1.82) is 0 Å². The van der Waals surface area contributed by atoms with Crippen LogP contribution in [0.1, 0.15) is 20.8 Å². The molecule has 0 radical (unpaired) electrons. The maximum atomic E-state index is 11.5. The first-order chi connectivity index (χ1) is 11.9. The maximum Gasteiger partial charge on any atom is 0.303 e. The number of hydrogen-bond acceptors (Lipinski definition) is 7. The smallest absolute Gasteiger partial charge is 0.303 e. The molecule has 5 atom stereocenters. The van der Waals surface area contributed by atoms with Gasteiger partial charge in [0.2, 0.25) is 0 Å². The standard InChI is InChI=1S/C16H19N3O5S/c1-9-14(23-10(2)20)15(24-11(3)21)13(18-19-17)16(22-9)25-12-7-5-4-6-8-12/h4-9,13-16H,1-3H3/t9-,13-,14+,15-,16?/m1/s1. The van der Waals surface area contributed by atoms with Gasteiger partial charge in [-0.3, -0.25) is 9.59 Å². The van der Waals surface area contributed by atoms with Crippen LogP contribution in [0, 0.1) is 0 Å². The molecule has 1 heterocycles. The summed E-state index contributed by atoms with van der Waals surface area (Å²) in [6.07, 6.45) is -2.33. The molecule has 134 valence electrons. The van der Waals surface area contributed by atoms with E-state index in [1.54, 1.807) is 6.92 Å². The summed E-state index contributed by atoms with van der Waals surface area (Å²) in [7, 11) is 0. The molecule has 1 fully saturated rings. The number of benzene rings is 1. The molecule has 1 aromatic rings. The van der Waals surface area contributed by atoms with Crippen molar-refractivity contribution in [2.75, 3.05) is 0 Å². The molecule has 0 saturated carbocycles. The summed E-state index contributed by atoms with van der Waals surface area (Å²) in [6.45, 7) is 4.22. The molecule has 0 spiro atoms. The number of carbonyl (C=O) groups is 2. The largest absolute Gasteiger partial charge is 0.458 e. The topological polar surface area (TPSA) is 111 Å². The molecule has 1 aliphatic heterocycles. The van der Waals surface area contributed by atoms with E-state index in [-0.39, 0.29) is 0 Å². The summed E-state index contributed by atoms with van der Waals surface area (Å²) in [5.41, 5.74) is 8.34. The van der Waals surface area contributed by atoms with Gasteiger partial charge >= 0.3 is 11.9 Å². The molecule has 25 heavy (non-hydrogen) atoms. The zero-order valence-electron chi connectivity index (χ0n) is 14.1. The fourth-order valence-electron chi connectivity index (χ4n) is 2.58. The Morgan fingerprint density at radius 3 is 2.32 bits per heavy atom. The summed E-state index contributed by atoms with van der Waals surface area (Å²) in [4.78, 5) is 26.7. The number of nitrogens with zero attached hydrogens (tertiary/aromatic N) is 3. The number of rotatable bonds is 5. The Bertz CT molecular complexity index is 665. The SMILES string of the molecule is CC(=O)O[C@@H]1[C@H](OC(C)=O)[C@@H](N=[N+]=[N-])C(Sc2ccccc2)O[C@@H]1C. The third-order valence-electron chi connectivity index (χ3n) is 3.54. The zero-order chi connectivity index (χ0) is 18.4. The summed E-state index contributed by atoms with van der Waals surface area (Å²) >= 11 is 1.35. The van der Waals surface area contributed by atoms with Crippen LogP contribution in [0.25, 0.3) is 10.4 Å². The van der Waals surface area contributed by atoms with Gasteiger partial charge in [-0.1, -0.05) is 35.1 Å². The zero-order valence-corrected chi connectivity index (χ0v) is 14.9. The van der Waals surface area contributed by atoms with Gasteiger partial charge in [0.1, 0.15) is 11.5 Å². The predicted molar refractivity (Wildman–Crippen MR) is 90.7 cm³/mol. The molecule has 1 saturated heterocycles. The van der Waals surface area contributed by atoms with Gasteiger partial charge in [0.05, 0.1) is 6.10 Å². The number of thioether (sulfide) groups is 1. The van der Waals surface area contributed by atoms with Crippen LogP contribution in [0.5, 0.6) is 0 Å². The molecule has 0 aromatic heterocycles. The second-order valence-corrected chi connectivity index (χ2v) is 6.66. The van der Waals surface area contributed by atoms with Crippen LogP contribution in [-0.4, -0.2) is 41.7 Å². The highest BCUT2D eigenvalue weighted by Gasteiger charge is 2.48. The fraction of sp³-hybridized carbons (Fsp3) is 0.500. The third-order valence-corrected chi connectivity index (χ3v) is 4.70. The van der Waals surface area contributed by atoms with Gasteiger partial charge in [-0.25, -0.2) is 0 Å². The lowest BCUT2D eigenvalue weighted by Gasteiger charge is -2.42. The lowest BCUT2D eigenvalue weighted by Crippen LogP contribution is -2.57. The van der Waals surface area contributed by atoms with Crippen molar-refractivity contribution in [3.63, 3.8) is 0 Å². The molecule has 8 nitrogen and oxygen atoms in total. The van der Waals surface area contributed by atoms with E-state index in [4.69, 9.17) is 19.7 Å². The van der Waals surface area contributed by atoms with Crippen molar-refractivity contribution < 1.29 is 23.8 Å². The lowest BCUT2D eigenvalue weighted by atomic mass is 9.98. The Labute approximate surface area is 149 Å². The monoisotopic (exact) mass is 365 g/mol. The van der Waals surface area contributed by atoms with Gasteiger partial charge in [-0.2, -0.15) is 0 Å². The van der Waals surface area contributed by atoms with Crippen LogP contribution in [0.3, 0.4) is 0 Å². The van der Waals surface area contributed by atoms with Crippen molar-refractivity contribution in [1.82, 2.24) is 0 Å². The second-order valence-electron chi connectivity index (χ2n) is 5.48. The fourth-order valence-corrected chi connectivity index (χ4v) is 3.74. The molecule has 0 N–H and O–H groups in total. The highest BCUT2D eigenvalue weighted by molar-refractivity contribution is 7.99. The Morgan fingerprint density at radius 2 is 1.76 bits per heavy atom. The van der Waals surface area contributed by atoms with Crippen molar-refractivity contribution in [2.45, 2.75) is 55.5 Å². The predicted octanol–water partition coefficient (Wildman–Crippen LogP) is 3.07. The number of ether oxygens (including phenoxy) is 3. The third kappa shape index (κ3) is 5.12. The van der Waals surface area contributed by atoms with Gasteiger partial charge < -0.3 is 14.2 Å². The van der Waals surface area contributed by atoms with Crippen LogP contribution in [-0.2, 0) is 23.8 Å². The van der Waals surface area contributed by atoms with E-state index in [0.29, 0.717) is 0 Å². The molecule has 1 unspecified atom stereocenters. The Morgan fingerprint density at radius 1 is 1.16 bits per heavy atom. The quantitative estimate of drug-likeness (QED) is 0.343. The van der Waals surface area contributed by atoms with Crippen molar-refractivity contribution in [2.24, 2.45) is 5.11 Å². The van der Waals surface area contributed by atoms with E-state index in [2.05, 4.69) is 10.0 Å². The van der Waals surface area contributed by atoms with Crippen LogP contribution >= 0.6 is 11.8 Å². The van der Waals surface area contributed by atoms with E-state index in [0.717, 1.165) is 4.90 Å². The first-order valence-electron chi connectivity index (χ1n) is 7.68. The van der Waals surface area contributed by atoms with E-state index in [1.807, 2.05) is 30.3 Å². The van der Waals surface area contributed by atoms with Gasteiger partial charge in [-0.05, 0) is 24.6 Å². The summed E-state index contributed by atoms with van der Waals surface area (Å²) < 4.78 is 16.5. The van der Waals surface area contributed by atoms with Crippen molar-refractivity contribution in [3.8, 4) is 0 Å². The first-order valence-corrected chi connectivity index (χ1v) is 8.56. The maximum absolute atomic E-state index is 11.5. The molecule has 1 aliphatic rings. The molecule has 9 heteroatoms. The number of hydrogen-bond donors (Lipinski definition) is 0. The van der Waals surface area contributed by atoms with Crippen molar-refractivity contribution >= 4 is 23.7 Å². The molecule has 1 aromatic carbocycles. The van der Waals surface area contributed by atoms with E-state index < -0.39 is 41.7 Å². The van der Waals surface area contributed by atoms with E-state index in [1.165, 1.54) is 25.6 Å². The number of esters is 2. The van der Waals surface area contributed by atoms with Crippen LogP contribution in [0.15, 0.2) is 40.3 Å². The minimum atomic E-state index is -0.928.